The van der Waals surface area contributed by atoms with Gasteiger partial charge in [0.15, 0.2) is 5.82 Å². The van der Waals surface area contributed by atoms with Gasteiger partial charge in [-0.2, -0.15) is 4.98 Å². The van der Waals surface area contributed by atoms with Crippen molar-refractivity contribution in [3.8, 4) is 6.01 Å². The molecule has 0 bridgehead atoms. The highest BCUT2D eigenvalue weighted by Crippen LogP contribution is 2.26. The Bertz CT molecular complexity index is 523. The summed E-state index contributed by atoms with van der Waals surface area (Å²) in [5, 5.41) is 6.46. The van der Waals surface area contributed by atoms with Crippen LogP contribution in [0.1, 0.15) is 19.8 Å². The number of nitrogens with one attached hydrogen (secondary N) is 2. The number of hydrogen-bond acceptors (Lipinski definition) is 6. The largest absolute Gasteiger partial charge is 0.467 e. The van der Waals surface area contributed by atoms with E-state index in [2.05, 4.69) is 20.6 Å². The number of halogens is 1. The third-order valence-corrected chi connectivity index (χ3v) is 4.19. The minimum Gasteiger partial charge on any atom is -0.467 e. The zero-order valence-electron chi connectivity index (χ0n) is 13.5. The minimum atomic E-state index is -0.157. The van der Waals surface area contributed by atoms with Gasteiger partial charge in [0.25, 0.3) is 0 Å². The number of nitrogens with zero attached hydrogens (tertiary/aromatic N) is 2. The van der Waals surface area contributed by atoms with Crippen LogP contribution in [0.5, 0.6) is 6.01 Å². The molecule has 1 aliphatic rings. The highest BCUT2D eigenvalue weighted by Gasteiger charge is 2.29. The Morgan fingerprint density at radius 3 is 2.91 bits per heavy atom. The molecule has 0 aromatic carbocycles. The summed E-state index contributed by atoms with van der Waals surface area (Å²) in [6, 6.07) is 0.234. The normalized spacial score (nSPS) is 16.7. The molecule has 0 spiro atoms. The monoisotopic (exact) mass is 342 g/mol. The van der Waals surface area contributed by atoms with Gasteiger partial charge in [-0.05, 0) is 25.7 Å². The molecule has 7 nitrogen and oxygen atoms in total. The van der Waals surface area contributed by atoms with Gasteiger partial charge in [-0.25, -0.2) is 4.98 Å². The Hall–Kier alpha value is -1.60. The lowest BCUT2D eigenvalue weighted by molar-refractivity contribution is -0.127. The fourth-order valence-electron chi connectivity index (χ4n) is 2.68. The molecule has 8 heteroatoms. The van der Waals surface area contributed by atoms with Crippen LogP contribution in [0.2, 0.25) is 5.02 Å². The van der Waals surface area contributed by atoms with Crippen LogP contribution >= 0.6 is 11.6 Å². The fraction of sp³-hybridized carbons (Fsp3) is 0.667. The molecule has 0 saturated carbocycles. The Labute approximate surface area is 141 Å². The maximum absolute atomic E-state index is 12.4. The highest BCUT2D eigenvalue weighted by atomic mass is 35.5. The van der Waals surface area contributed by atoms with Gasteiger partial charge in [0.2, 0.25) is 5.91 Å². The van der Waals surface area contributed by atoms with Crippen molar-refractivity contribution in [1.29, 1.82) is 0 Å². The molecule has 0 aliphatic carbocycles. The molecule has 1 unspecified atom stereocenters. The first-order chi connectivity index (χ1) is 11.2. The Morgan fingerprint density at radius 2 is 2.26 bits per heavy atom. The number of carbonyl (C=O) groups excluding carboxylic acids is 1. The summed E-state index contributed by atoms with van der Waals surface area (Å²) in [7, 11) is 1.49. The summed E-state index contributed by atoms with van der Waals surface area (Å²) >= 11 is 6.10. The lowest BCUT2D eigenvalue weighted by Crippen LogP contribution is -2.40. The number of aromatic nitrogens is 2. The third-order valence-electron chi connectivity index (χ3n) is 3.92. The van der Waals surface area contributed by atoms with E-state index < -0.39 is 0 Å². The molecule has 23 heavy (non-hydrogen) atoms. The molecule has 1 atom stereocenters. The van der Waals surface area contributed by atoms with E-state index in [1.165, 1.54) is 13.3 Å². The highest BCUT2D eigenvalue weighted by molar-refractivity contribution is 6.32. The van der Waals surface area contributed by atoms with Crippen molar-refractivity contribution in [3.05, 3.63) is 11.2 Å². The van der Waals surface area contributed by atoms with Crippen LogP contribution < -0.4 is 15.4 Å². The van der Waals surface area contributed by atoms with Crippen LogP contribution in [-0.2, 0) is 9.53 Å². The summed E-state index contributed by atoms with van der Waals surface area (Å²) in [6.07, 6.45) is 3.24. The molecule has 128 valence electrons. The maximum Gasteiger partial charge on any atom is 0.318 e. The number of amides is 1. The molecule has 2 heterocycles. The molecule has 2 N–H and O–H groups in total. The first kappa shape index (κ1) is 17.7. The van der Waals surface area contributed by atoms with E-state index in [-0.39, 0.29) is 23.8 Å². The summed E-state index contributed by atoms with van der Waals surface area (Å²) < 4.78 is 10.4. The Kier molecular flexibility index (Phi) is 6.85. The number of ether oxygens (including phenoxy) is 2. The number of anilines is 1. The van der Waals surface area contributed by atoms with E-state index in [9.17, 15) is 4.79 Å². The average molecular weight is 343 g/mol. The Balaban J connectivity index is 2.06. The molecular formula is C15H23ClN4O3. The zero-order valence-corrected chi connectivity index (χ0v) is 14.2. The van der Waals surface area contributed by atoms with E-state index >= 15 is 0 Å². The predicted octanol–water partition coefficient (Wildman–Crippen LogP) is 1.73. The number of hydrogen-bond donors (Lipinski definition) is 2. The topological polar surface area (TPSA) is 85.4 Å². The van der Waals surface area contributed by atoms with E-state index in [4.69, 9.17) is 21.1 Å². The molecule has 1 amide bonds. The summed E-state index contributed by atoms with van der Waals surface area (Å²) in [5.41, 5.74) is 0. The van der Waals surface area contributed by atoms with Gasteiger partial charge in [0.1, 0.15) is 5.02 Å². The quantitative estimate of drug-likeness (QED) is 0.785. The number of rotatable bonds is 7. The van der Waals surface area contributed by atoms with Crippen molar-refractivity contribution in [1.82, 2.24) is 15.3 Å². The molecular weight excluding hydrogens is 320 g/mol. The van der Waals surface area contributed by atoms with Crippen LogP contribution in [-0.4, -0.2) is 49.3 Å². The van der Waals surface area contributed by atoms with Crippen LogP contribution in [0.25, 0.3) is 0 Å². The first-order valence-electron chi connectivity index (χ1n) is 7.81. The van der Waals surface area contributed by atoms with Crippen molar-refractivity contribution < 1.29 is 14.3 Å². The Morgan fingerprint density at radius 1 is 1.52 bits per heavy atom. The van der Waals surface area contributed by atoms with Gasteiger partial charge in [-0.15, -0.1) is 0 Å². The maximum atomic E-state index is 12.4. The summed E-state index contributed by atoms with van der Waals surface area (Å²) in [5.74, 6) is 0.644. The molecule has 1 aromatic rings. The third kappa shape index (κ3) is 4.94. The molecule has 1 saturated heterocycles. The van der Waals surface area contributed by atoms with Crippen molar-refractivity contribution in [2.45, 2.75) is 19.8 Å². The fourth-order valence-corrected chi connectivity index (χ4v) is 2.83. The van der Waals surface area contributed by atoms with Crippen molar-refractivity contribution in [2.75, 3.05) is 38.7 Å². The van der Waals surface area contributed by atoms with Crippen molar-refractivity contribution in [2.24, 2.45) is 11.8 Å². The van der Waals surface area contributed by atoms with Crippen LogP contribution in [0, 0.1) is 11.8 Å². The lowest BCUT2D eigenvalue weighted by Gasteiger charge is -2.29. The molecule has 1 aromatic heterocycles. The molecule has 0 radical (unpaired) electrons. The summed E-state index contributed by atoms with van der Waals surface area (Å²) in [4.78, 5) is 20.5. The van der Waals surface area contributed by atoms with Gasteiger partial charge >= 0.3 is 6.01 Å². The molecule has 1 aliphatic heterocycles. The predicted molar refractivity (Wildman–Crippen MR) is 87.8 cm³/mol. The number of methoxy groups -OCH3 is 1. The minimum absolute atomic E-state index is 0.0454. The molecule has 1 fully saturated rings. The SMILES string of the molecule is CCNC(=O)C(CNc1nc(OC)ncc1Cl)C1CCOCC1. The van der Waals surface area contributed by atoms with Gasteiger partial charge in [-0.3, -0.25) is 4.79 Å². The standard InChI is InChI=1S/C15H23ClN4O3/c1-3-17-14(21)11(10-4-6-23-7-5-10)8-18-13-12(16)9-19-15(20-13)22-2/h9-11H,3-8H2,1-2H3,(H,17,21)(H,18,19,20). The van der Waals surface area contributed by atoms with E-state index in [1.54, 1.807) is 0 Å². The average Bonchev–Trinajstić information content (AvgIpc) is 2.58. The van der Waals surface area contributed by atoms with Gasteiger partial charge < -0.3 is 20.1 Å². The summed E-state index contributed by atoms with van der Waals surface area (Å²) in [6.45, 7) is 4.38. The lowest BCUT2D eigenvalue weighted by atomic mass is 9.85. The van der Waals surface area contributed by atoms with Crippen molar-refractivity contribution in [3.63, 3.8) is 0 Å². The smallest absolute Gasteiger partial charge is 0.318 e. The van der Waals surface area contributed by atoms with Gasteiger partial charge in [0.05, 0.1) is 19.2 Å². The van der Waals surface area contributed by atoms with Crippen LogP contribution in [0.4, 0.5) is 5.82 Å². The zero-order chi connectivity index (χ0) is 16.7. The second kappa shape index (κ2) is 8.88. The molecule has 2 rings (SSSR count). The second-order valence-electron chi connectivity index (χ2n) is 5.39. The van der Waals surface area contributed by atoms with Gasteiger partial charge in [0, 0.05) is 26.3 Å². The van der Waals surface area contributed by atoms with E-state index in [1.807, 2.05) is 6.92 Å². The number of carbonyl (C=O) groups is 1. The van der Waals surface area contributed by atoms with E-state index in [0.29, 0.717) is 37.1 Å². The van der Waals surface area contributed by atoms with Gasteiger partial charge in [-0.1, -0.05) is 11.6 Å². The van der Waals surface area contributed by atoms with Crippen molar-refractivity contribution >= 4 is 23.3 Å². The first-order valence-corrected chi connectivity index (χ1v) is 8.19. The van der Waals surface area contributed by atoms with Crippen LogP contribution in [0.15, 0.2) is 6.20 Å². The van der Waals surface area contributed by atoms with Crippen LogP contribution in [0.3, 0.4) is 0 Å². The second-order valence-corrected chi connectivity index (χ2v) is 5.79. The van der Waals surface area contributed by atoms with E-state index in [0.717, 1.165) is 12.8 Å².